The van der Waals surface area contributed by atoms with E-state index in [0.717, 1.165) is 0 Å². The van der Waals surface area contributed by atoms with Crippen LogP contribution in [0.3, 0.4) is 0 Å². The maximum atomic E-state index is 11.9. The summed E-state index contributed by atoms with van der Waals surface area (Å²) in [7, 11) is 0. The van der Waals surface area contributed by atoms with Gasteiger partial charge in [-0.15, -0.1) is 5.10 Å². The van der Waals surface area contributed by atoms with Gasteiger partial charge in [-0.1, -0.05) is 35.3 Å². The smallest absolute Gasteiger partial charge is 0.246 e. The zero-order chi connectivity index (χ0) is 15.4. The molecule has 2 N–H and O–H groups in total. The average Bonchev–Trinajstić information content (AvgIpc) is 2.90. The summed E-state index contributed by atoms with van der Waals surface area (Å²) in [5.41, 5.74) is 0.989. The number of halogens is 2. The van der Waals surface area contributed by atoms with E-state index in [-0.39, 0.29) is 12.5 Å². The van der Waals surface area contributed by atoms with Crippen molar-refractivity contribution in [1.29, 1.82) is 0 Å². The summed E-state index contributed by atoms with van der Waals surface area (Å²) in [5, 5.41) is 20.7. The molecule has 1 atom stereocenters. The molecule has 6 nitrogen and oxygen atoms in total. The van der Waals surface area contributed by atoms with Crippen LogP contribution in [0.4, 0.5) is 5.69 Å². The second-order valence-corrected chi connectivity index (χ2v) is 5.26. The lowest BCUT2D eigenvalue weighted by atomic mass is 10.2. The maximum absolute atomic E-state index is 11.9. The van der Waals surface area contributed by atoms with Gasteiger partial charge in [0.25, 0.3) is 0 Å². The summed E-state index contributed by atoms with van der Waals surface area (Å²) < 4.78 is 1.36. The lowest BCUT2D eigenvalue weighted by Crippen LogP contribution is -2.19. The second kappa shape index (κ2) is 6.89. The molecule has 112 valence electrons. The Balaban J connectivity index is 1.98. The summed E-state index contributed by atoms with van der Waals surface area (Å²) in [6.07, 6.45) is 1.41. The minimum absolute atomic E-state index is 0.0102. The lowest BCUT2D eigenvalue weighted by molar-refractivity contribution is -0.116. The third-order valence-electron chi connectivity index (χ3n) is 2.79. The molecule has 0 saturated carbocycles. The van der Waals surface area contributed by atoms with Crippen molar-refractivity contribution in [2.45, 2.75) is 26.0 Å². The molecule has 0 fully saturated rings. The molecule has 8 heteroatoms. The highest BCUT2D eigenvalue weighted by Gasteiger charge is 2.12. The van der Waals surface area contributed by atoms with E-state index in [0.29, 0.717) is 27.8 Å². The van der Waals surface area contributed by atoms with E-state index >= 15 is 0 Å². The second-order valence-electron chi connectivity index (χ2n) is 4.44. The number of aliphatic hydroxyl groups is 1. The molecule has 1 aromatic carbocycles. The number of aromatic nitrogens is 3. The summed E-state index contributed by atoms with van der Waals surface area (Å²) in [6, 6.07) is 4.82. The monoisotopic (exact) mass is 328 g/mol. The third-order valence-corrected chi connectivity index (χ3v) is 3.53. The van der Waals surface area contributed by atoms with Crippen LogP contribution in [0, 0.1) is 0 Å². The van der Waals surface area contributed by atoms with Crippen LogP contribution in [-0.2, 0) is 11.3 Å². The molecule has 0 radical (unpaired) electrons. The van der Waals surface area contributed by atoms with Crippen molar-refractivity contribution in [3.8, 4) is 0 Å². The molecular formula is C13H14Cl2N4O2. The van der Waals surface area contributed by atoms with Gasteiger partial charge in [0, 0.05) is 5.69 Å². The zero-order valence-corrected chi connectivity index (χ0v) is 12.8. The fourth-order valence-electron chi connectivity index (χ4n) is 1.67. The van der Waals surface area contributed by atoms with Crippen LogP contribution >= 0.6 is 23.2 Å². The number of nitrogens with one attached hydrogen (secondary N) is 1. The Kier molecular flexibility index (Phi) is 5.17. The number of anilines is 1. The van der Waals surface area contributed by atoms with Gasteiger partial charge < -0.3 is 10.4 Å². The molecule has 1 heterocycles. The minimum Gasteiger partial charge on any atom is -0.387 e. The molecule has 1 amide bonds. The first-order chi connectivity index (χ1) is 9.99. The average molecular weight is 329 g/mol. The normalized spacial score (nSPS) is 12.2. The van der Waals surface area contributed by atoms with Crippen molar-refractivity contribution in [3.63, 3.8) is 0 Å². The van der Waals surface area contributed by atoms with Crippen LogP contribution in [0.25, 0.3) is 0 Å². The molecule has 0 aliphatic carbocycles. The van der Waals surface area contributed by atoms with Crippen molar-refractivity contribution < 1.29 is 9.90 Å². The van der Waals surface area contributed by atoms with Crippen molar-refractivity contribution in [1.82, 2.24) is 15.0 Å². The summed E-state index contributed by atoms with van der Waals surface area (Å²) >= 11 is 11.7. The number of hydrogen-bond donors (Lipinski definition) is 2. The molecule has 1 aromatic heterocycles. The van der Waals surface area contributed by atoms with Gasteiger partial charge in [0.05, 0.1) is 22.3 Å². The Morgan fingerprint density at radius 3 is 2.86 bits per heavy atom. The fraction of sp³-hybridized carbons (Fsp3) is 0.308. The first-order valence-electron chi connectivity index (χ1n) is 6.32. The Morgan fingerprint density at radius 1 is 1.43 bits per heavy atom. The molecule has 0 spiro atoms. The maximum Gasteiger partial charge on any atom is 0.246 e. The van der Waals surface area contributed by atoms with Gasteiger partial charge in [0.1, 0.15) is 12.2 Å². The third kappa shape index (κ3) is 4.17. The number of hydrogen-bond acceptors (Lipinski definition) is 4. The lowest BCUT2D eigenvalue weighted by Gasteiger charge is -2.06. The summed E-state index contributed by atoms with van der Waals surface area (Å²) in [6.45, 7) is 1.82. The van der Waals surface area contributed by atoms with E-state index in [2.05, 4.69) is 15.6 Å². The van der Waals surface area contributed by atoms with Gasteiger partial charge in [-0.2, -0.15) is 0 Å². The van der Waals surface area contributed by atoms with Gasteiger partial charge in [-0.25, -0.2) is 4.68 Å². The molecule has 0 saturated heterocycles. The fourth-order valence-corrected chi connectivity index (χ4v) is 1.97. The predicted octanol–water partition coefficient (Wildman–Crippen LogP) is 2.67. The van der Waals surface area contributed by atoms with Crippen molar-refractivity contribution in [2.24, 2.45) is 0 Å². The van der Waals surface area contributed by atoms with E-state index in [1.165, 1.54) is 4.68 Å². The van der Waals surface area contributed by atoms with Gasteiger partial charge >= 0.3 is 0 Å². The van der Waals surface area contributed by atoms with E-state index in [1.807, 2.05) is 6.92 Å². The Bertz CT molecular complexity index is 645. The van der Waals surface area contributed by atoms with Crippen LogP contribution < -0.4 is 5.32 Å². The number of aliphatic hydroxyl groups excluding tert-OH is 1. The number of carbonyl (C=O) groups is 1. The molecule has 21 heavy (non-hydrogen) atoms. The molecule has 0 bridgehead atoms. The zero-order valence-electron chi connectivity index (χ0n) is 11.3. The highest BCUT2D eigenvalue weighted by atomic mass is 35.5. The highest BCUT2D eigenvalue weighted by molar-refractivity contribution is 6.42. The number of rotatable bonds is 5. The van der Waals surface area contributed by atoms with E-state index in [4.69, 9.17) is 23.2 Å². The van der Waals surface area contributed by atoms with Crippen LogP contribution in [0.1, 0.15) is 25.1 Å². The molecule has 0 aliphatic rings. The molecule has 0 aliphatic heterocycles. The van der Waals surface area contributed by atoms with Crippen LogP contribution in [-0.4, -0.2) is 26.0 Å². The number of carbonyl (C=O) groups excluding carboxylic acids is 1. The van der Waals surface area contributed by atoms with E-state index in [1.54, 1.807) is 24.4 Å². The standard InChI is InChI=1S/C13H14Cl2N4O2/c1-2-12(20)11-6-19(18-17-11)7-13(21)16-8-3-4-9(14)10(15)5-8/h3-6,12,20H,2,7H2,1H3,(H,16,21). The van der Waals surface area contributed by atoms with Crippen LogP contribution in [0.15, 0.2) is 24.4 Å². The van der Waals surface area contributed by atoms with Gasteiger partial charge in [0.15, 0.2) is 0 Å². The quantitative estimate of drug-likeness (QED) is 0.884. The van der Waals surface area contributed by atoms with Crippen molar-refractivity contribution >= 4 is 34.8 Å². The van der Waals surface area contributed by atoms with Crippen LogP contribution in [0.5, 0.6) is 0 Å². The Morgan fingerprint density at radius 2 is 2.19 bits per heavy atom. The van der Waals surface area contributed by atoms with E-state index < -0.39 is 6.10 Å². The first-order valence-corrected chi connectivity index (χ1v) is 7.08. The molecular weight excluding hydrogens is 315 g/mol. The molecule has 2 rings (SSSR count). The Hall–Kier alpha value is -1.63. The minimum atomic E-state index is -0.670. The van der Waals surface area contributed by atoms with E-state index in [9.17, 15) is 9.90 Å². The molecule has 1 unspecified atom stereocenters. The van der Waals surface area contributed by atoms with Crippen LogP contribution in [0.2, 0.25) is 10.0 Å². The first kappa shape index (κ1) is 15.8. The Labute approximate surface area is 131 Å². The van der Waals surface area contributed by atoms with Gasteiger partial charge in [-0.3, -0.25) is 4.79 Å². The molecule has 2 aromatic rings. The topological polar surface area (TPSA) is 80.0 Å². The number of benzene rings is 1. The summed E-state index contributed by atoms with van der Waals surface area (Å²) in [5.74, 6) is -0.282. The summed E-state index contributed by atoms with van der Waals surface area (Å²) in [4.78, 5) is 11.9. The van der Waals surface area contributed by atoms with Crippen molar-refractivity contribution in [3.05, 3.63) is 40.1 Å². The number of nitrogens with zero attached hydrogens (tertiary/aromatic N) is 3. The largest absolute Gasteiger partial charge is 0.387 e. The van der Waals surface area contributed by atoms with Gasteiger partial charge in [-0.05, 0) is 24.6 Å². The van der Waals surface area contributed by atoms with Gasteiger partial charge in [0.2, 0.25) is 5.91 Å². The highest BCUT2D eigenvalue weighted by Crippen LogP contribution is 2.24. The predicted molar refractivity (Wildman–Crippen MR) is 80.4 cm³/mol. The number of amides is 1. The van der Waals surface area contributed by atoms with Crippen molar-refractivity contribution in [2.75, 3.05) is 5.32 Å². The SMILES string of the molecule is CCC(O)c1cn(CC(=O)Nc2ccc(Cl)c(Cl)c2)nn1.